The van der Waals surface area contributed by atoms with Gasteiger partial charge in [0.15, 0.2) is 5.78 Å². The minimum atomic E-state index is -0.171. The minimum Gasteiger partial charge on any atom is -0.340 e. The van der Waals surface area contributed by atoms with Crippen LogP contribution in [0.4, 0.5) is 0 Å². The number of ketones is 1. The summed E-state index contributed by atoms with van der Waals surface area (Å²) in [5.74, 6) is 0.0883. The fraction of sp³-hybridized carbons (Fsp3) is 0.500. The number of nitrogens with zero attached hydrogens (tertiary/aromatic N) is 1. The lowest BCUT2D eigenvalue weighted by molar-refractivity contribution is -0.136. The van der Waals surface area contributed by atoms with Gasteiger partial charge in [0, 0.05) is 44.1 Å². The predicted molar refractivity (Wildman–Crippen MR) is 76.8 cm³/mol. The Balaban J connectivity index is 1.79. The fourth-order valence-corrected chi connectivity index (χ4v) is 3.12. The zero-order chi connectivity index (χ0) is 14.1. The number of aryl methyl sites for hydroxylation is 1. The number of carbonyl (C=O) groups is 2. The maximum atomic E-state index is 12.5. The Bertz CT molecular complexity index is 547. The molecule has 1 unspecified atom stereocenters. The van der Waals surface area contributed by atoms with E-state index in [1.165, 1.54) is 0 Å². The van der Waals surface area contributed by atoms with Gasteiger partial charge in [0.05, 0.1) is 0 Å². The van der Waals surface area contributed by atoms with Crippen LogP contribution in [0.1, 0.15) is 27.9 Å². The fourth-order valence-electron chi connectivity index (χ4n) is 3.12. The standard InChI is InChI=1S/C16H20N2O2/c1-11-2-3-12-9-13(10-15(19)14(12)8-11)16(20)18-6-4-17-5-7-18/h2-3,8,13,17H,4-7,9-10H2,1H3. The van der Waals surface area contributed by atoms with E-state index in [0.29, 0.717) is 12.8 Å². The highest BCUT2D eigenvalue weighted by molar-refractivity contribution is 6.01. The van der Waals surface area contributed by atoms with Crippen molar-refractivity contribution in [2.45, 2.75) is 19.8 Å². The van der Waals surface area contributed by atoms with E-state index >= 15 is 0 Å². The molecule has 1 atom stereocenters. The van der Waals surface area contributed by atoms with Gasteiger partial charge in [0.2, 0.25) is 5.91 Å². The number of hydrogen-bond donors (Lipinski definition) is 1. The lowest BCUT2D eigenvalue weighted by Crippen LogP contribution is -2.49. The molecule has 1 saturated heterocycles. The second-order valence-corrected chi connectivity index (χ2v) is 5.76. The summed E-state index contributed by atoms with van der Waals surface area (Å²) in [5, 5.41) is 3.24. The number of Topliss-reactive ketones (excluding diaryl/α,β-unsaturated/α-hetero) is 1. The second-order valence-electron chi connectivity index (χ2n) is 5.76. The molecule has 1 amide bonds. The van der Waals surface area contributed by atoms with E-state index in [-0.39, 0.29) is 17.6 Å². The summed E-state index contributed by atoms with van der Waals surface area (Å²) in [6.07, 6.45) is 1.06. The molecular formula is C16H20N2O2. The molecule has 1 aliphatic carbocycles. The molecule has 0 spiro atoms. The Morgan fingerprint density at radius 1 is 1.25 bits per heavy atom. The van der Waals surface area contributed by atoms with Crippen LogP contribution in [0.25, 0.3) is 0 Å². The van der Waals surface area contributed by atoms with Gasteiger partial charge in [0.1, 0.15) is 0 Å². The number of hydrogen-bond acceptors (Lipinski definition) is 3. The first-order valence-electron chi connectivity index (χ1n) is 7.27. The van der Waals surface area contributed by atoms with E-state index in [1.54, 1.807) is 0 Å². The zero-order valence-electron chi connectivity index (χ0n) is 11.8. The SMILES string of the molecule is Cc1ccc2c(c1)C(=O)CC(C(=O)N1CCNCC1)C2. The van der Waals surface area contributed by atoms with Crippen molar-refractivity contribution >= 4 is 11.7 Å². The maximum Gasteiger partial charge on any atom is 0.226 e. The topological polar surface area (TPSA) is 49.4 Å². The number of fused-ring (bicyclic) bond motifs is 1. The van der Waals surface area contributed by atoms with Gasteiger partial charge in [-0.3, -0.25) is 9.59 Å². The molecule has 0 saturated carbocycles. The number of benzene rings is 1. The van der Waals surface area contributed by atoms with Gasteiger partial charge in [-0.15, -0.1) is 0 Å². The highest BCUT2D eigenvalue weighted by Gasteiger charge is 2.32. The minimum absolute atomic E-state index is 0.114. The van der Waals surface area contributed by atoms with Crippen LogP contribution in [0.3, 0.4) is 0 Å². The van der Waals surface area contributed by atoms with Crippen LogP contribution in [-0.4, -0.2) is 42.8 Å². The number of rotatable bonds is 1. The van der Waals surface area contributed by atoms with E-state index in [1.807, 2.05) is 30.0 Å². The van der Waals surface area contributed by atoms with E-state index in [9.17, 15) is 9.59 Å². The Labute approximate surface area is 119 Å². The van der Waals surface area contributed by atoms with Crippen molar-refractivity contribution in [2.24, 2.45) is 5.92 Å². The average Bonchev–Trinajstić information content (AvgIpc) is 2.48. The largest absolute Gasteiger partial charge is 0.340 e. The van der Waals surface area contributed by atoms with Crippen molar-refractivity contribution < 1.29 is 9.59 Å². The molecule has 1 fully saturated rings. The second kappa shape index (κ2) is 5.37. The summed E-state index contributed by atoms with van der Waals surface area (Å²) >= 11 is 0. The molecule has 1 N–H and O–H groups in total. The molecule has 1 aromatic carbocycles. The summed E-state index contributed by atoms with van der Waals surface area (Å²) in [5.41, 5.74) is 2.94. The monoisotopic (exact) mass is 272 g/mol. The van der Waals surface area contributed by atoms with E-state index in [2.05, 4.69) is 5.32 Å². The highest BCUT2D eigenvalue weighted by Crippen LogP contribution is 2.27. The number of amides is 1. The third-order valence-corrected chi connectivity index (χ3v) is 4.24. The van der Waals surface area contributed by atoms with Gasteiger partial charge in [0.25, 0.3) is 0 Å². The van der Waals surface area contributed by atoms with E-state index in [0.717, 1.165) is 42.9 Å². The summed E-state index contributed by atoms with van der Waals surface area (Å²) in [4.78, 5) is 26.7. The molecule has 4 nitrogen and oxygen atoms in total. The van der Waals surface area contributed by atoms with Crippen LogP contribution < -0.4 is 5.32 Å². The van der Waals surface area contributed by atoms with Crippen LogP contribution in [-0.2, 0) is 11.2 Å². The summed E-state index contributed by atoms with van der Waals surface area (Å²) in [6, 6.07) is 5.97. The van der Waals surface area contributed by atoms with Gasteiger partial charge in [-0.1, -0.05) is 17.7 Å². The van der Waals surface area contributed by atoms with E-state index in [4.69, 9.17) is 0 Å². The molecule has 20 heavy (non-hydrogen) atoms. The molecule has 2 aliphatic rings. The Hall–Kier alpha value is -1.68. The molecule has 0 bridgehead atoms. The Morgan fingerprint density at radius 3 is 2.75 bits per heavy atom. The van der Waals surface area contributed by atoms with Crippen molar-refractivity contribution in [1.82, 2.24) is 10.2 Å². The van der Waals surface area contributed by atoms with Crippen LogP contribution in [0.15, 0.2) is 18.2 Å². The molecule has 4 heteroatoms. The van der Waals surface area contributed by atoms with Gasteiger partial charge in [-0.25, -0.2) is 0 Å². The summed E-state index contributed by atoms with van der Waals surface area (Å²) in [7, 11) is 0. The lowest BCUT2D eigenvalue weighted by Gasteiger charge is -2.32. The Morgan fingerprint density at radius 2 is 2.00 bits per heavy atom. The summed E-state index contributed by atoms with van der Waals surface area (Å²) in [6.45, 7) is 5.20. The highest BCUT2D eigenvalue weighted by atomic mass is 16.2. The first-order valence-corrected chi connectivity index (χ1v) is 7.27. The van der Waals surface area contributed by atoms with Gasteiger partial charge in [-0.2, -0.15) is 0 Å². The Kier molecular flexibility index (Phi) is 3.57. The first-order chi connectivity index (χ1) is 9.65. The number of carbonyl (C=O) groups excluding carboxylic acids is 2. The van der Waals surface area contributed by atoms with Crippen molar-refractivity contribution in [3.8, 4) is 0 Å². The molecule has 0 aromatic heterocycles. The molecule has 1 aromatic rings. The maximum absolute atomic E-state index is 12.5. The van der Waals surface area contributed by atoms with Gasteiger partial charge in [-0.05, 0) is 25.0 Å². The van der Waals surface area contributed by atoms with Crippen LogP contribution >= 0.6 is 0 Å². The summed E-state index contributed by atoms with van der Waals surface area (Å²) < 4.78 is 0. The van der Waals surface area contributed by atoms with Crippen molar-refractivity contribution in [2.75, 3.05) is 26.2 Å². The first kappa shape index (κ1) is 13.3. The van der Waals surface area contributed by atoms with Crippen molar-refractivity contribution in [3.63, 3.8) is 0 Å². The molecule has 1 aliphatic heterocycles. The third-order valence-electron chi connectivity index (χ3n) is 4.24. The van der Waals surface area contributed by atoms with Crippen LogP contribution in [0.2, 0.25) is 0 Å². The van der Waals surface area contributed by atoms with Crippen molar-refractivity contribution in [3.05, 3.63) is 34.9 Å². The normalized spacial score (nSPS) is 22.6. The quantitative estimate of drug-likeness (QED) is 0.835. The molecule has 106 valence electrons. The van der Waals surface area contributed by atoms with E-state index < -0.39 is 0 Å². The molecular weight excluding hydrogens is 252 g/mol. The average molecular weight is 272 g/mol. The van der Waals surface area contributed by atoms with Gasteiger partial charge >= 0.3 is 0 Å². The van der Waals surface area contributed by atoms with Crippen molar-refractivity contribution in [1.29, 1.82) is 0 Å². The number of piperazine rings is 1. The number of nitrogens with one attached hydrogen (secondary N) is 1. The molecule has 1 heterocycles. The van der Waals surface area contributed by atoms with Crippen LogP contribution in [0.5, 0.6) is 0 Å². The smallest absolute Gasteiger partial charge is 0.226 e. The molecule has 3 rings (SSSR count). The third kappa shape index (κ3) is 2.48. The predicted octanol–water partition coefficient (Wildman–Crippen LogP) is 1.17. The molecule has 0 radical (unpaired) electrons. The lowest BCUT2D eigenvalue weighted by atomic mass is 9.81. The zero-order valence-corrected chi connectivity index (χ0v) is 11.8. The van der Waals surface area contributed by atoms with Crippen LogP contribution in [0, 0.1) is 12.8 Å². The van der Waals surface area contributed by atoms with Gasteiger partial charge < -0.3 is 10.2 Å².